The average molecular weight is 370 g/mol. The third kappa shape index (κ3) is 3.57. The molecule has 0 saturated carbocycles. The third-order valence-electron chi connectivity index (χ3n) is 3.71. The van der Waals surface area contributed by atoms with Crippen molar-refractivity contribution >= 4 is 45.0 Å². The van der Waals surface area contributed by atoms with E-state index >= 15 is 0 Å². The number of nitrogens with zero attached hydrogens (tertiary/aromatic N) is 1. The molecule has 0 radical (unpaired) electrons. The van der Waals surface area contributed by atoms with E-state index in [9.17, 15) is 4.79 Å². The van der Waals surface area contributed by atoms with Crippen LogP contribution in [0.25, 0.3) is 10.8 Å². The van der Waals surface area contributed by atoms with Crippen molar-refractivity contribution in [2.24, 2.45) is 0 Å². The van der Waals surface area contributed by atoms with Crippen molar-refractivity contribution in [3.63, 3.8) is 0 Å². The SMILES string of the molecule is C[C@H]1CN(C(=O)c2ccc3cc(Br)ccc3c2)CCN1.Cl. The number of rotatable bonds is 1. The fraction of sp³-hybridized carbons (Fsp3) is 0.312. The number of carbonyl (C=O) groups excluding carboxylic acids is 1. The number of hydrogen-bond donors (Lipinski definition) is 1. The van der Waals surface area contributed by atoms with E-state index in [4.69, 9.17) is 0 Å². The van der Waals surface area contributed by atoms with E-state index in [0.29, 0.717) is 6.04 Å². The fourth-order valence-electron chi connectivity index (χ4n) is 2.65. The number of benzene rings is 2. The van der Waals surface area contributed by atoms with Gasteiger partial charge >= 0.3 is 0 Å². The van der Waals surface area contributed by atoms with Gasteiger partial charge in [0.05, 0.1) is 0 Å². The van der Waals surface area contributed by atoms with Gasteiger partial charge in [-0.1, -0.05) is 28.1 Å². The van der Waals surface area contributed by atoms with Crippen LogP contribution in [-0.4, -0.2) is 36.5 Å². The fourth-order valence-corrected chi connectivity index (χ4v) is 3.03. The number of amides is 1. The predicted molar refractivity (Wildman–Crippen MR) is 92.3 cm³/mol. The summed E-state index contributed by atoms with van der Waals surface area (Å²) in [5.41, 5.74) is 0.772. The van der Waals surface area contributed by atoms with Crippen molar-refractivity contribution in [1.82, 2.24) is 10.2 Å². The van der Waals surface area contributed by atoms with Crippen LogP contribution in [0.1, 0.15) is 17.3 Å². The Morgan fingerprint density at radius 2 is 1.95 bits per heavy atom. The van der Waals surface area contributed by atoms with Crippen molar-refractivity contribution in [2.75, 3.05) is 19.6 Å². The van der Waals surface area contributed by atoms with E-state index in [0.717, 1.165) is 40.4 Å². The molecule has 3 nitrogen and oxygen atoms in total. The van der Waals surface area contributed by atoms with Gasteiger partial charge in [0, 0.05) is 35.7 Å². The lowest BCUT2D eigenvalue weighted by Gasteiger charge is -2.32. The maximum atomic E-state index is 12.5. The Hall–Kier alpha value is -1.10. The first-order chi connectivity index (χ1) is 9.63. The Bertz CT molecular complexity index is 662. The Labute approximate surface area is 139 Å². The second-order valence-corrected chi connectivity index (χ2v) is 6.23. The molecule has 1 N–H and O–H groups in total. The average Bonchev–Trinajstić information content (AvgIpc) is 2.46. The van der Waals surface area contributed by atoms with Crippen LogP contribution in [0.5, 0.6) is 0 Å². The smallest absolute Gasteiger partial charge is 0.253 e. The highest BCUT2D eigenvalue weighted by molar-refractivity contribution is 9.10. The molecule has 1 aliphatic heterocycles. The van der Waals surface area contributed by atoms with Crippen LogP contribution in [0.3, 0.4) is 0 Å². The third-order valence-corrected chi connectivity index (χ3v) is 4.20. The van der Waals surface area contributed by atoms with Gasteiger partial charge in [0.15, 0.2) is 0 Å². The van der Waals surface area contributed by atoms with E-state index in [1.807, 2.05) is 35.2 Å². The topological polar surface area (TPSA) is 32.3 Å². The second kappa shape index (κ2) is 6.77. The Balaban J connectivity index is 0.00000161. The summed E-state index contributed by atoms with van der Waals surface area (Å²) in [6.07, 6.45) is 0. The number of carbonyl (C=O) groups is 1. The Kier molecular flexibility index (Phi) is 5.25. The van der Waals surface area contributed by atoms with Crippen molar-refractivity contribution < 1.29 is 4.79 Å². The number of halogens is 2. The predicted octanol–water partition coefficient (Wildman–Crippen LogP) is 3.46. The number of piperazine rings is 1. The van der Waals surface area contributed by atoms with Crippen LogP contribution in [0.15, 0.2) is 40.9 Å². The molecule has 1 aliphatic rings. The van der Waals surface area contributed by atoms with Crippen LogP contribution in [-0.2, 0) is 0 Å². The highest BCUT2D eigenvalue weighted by atomic mass is 79.9. The molecule has 21 heavy (non-hydrogen) atoms. The zero-order valence-corrected chi connectivity index (χ0v) is 14.2. The maximum Gasteiger partial charge on any atom is 0.253 e. The highest BCUT2D eigenvalue weighted by Gasteiger charge is 2.21. The van der Waals surface area contributed by atoms with E-state index in [-0.39, 0.29) is 18.3 Å². The molecule has 1 fully saturated rings. The molecule has 2 aromatic carbocycles. The first kappa shape index (κ1) is 16.3. The zero-order valence-electron chi connectivity index (χ0n) is 11.8. The minimum absolute atomic E-state index is 0. The molecular formula is C16H18BrClN2O. The molecule has 3 rings (SSSR count). The molecule has 1 atom stereocenters. The lowest BCUT2D eigenvalue weighted by molar-refractivity contribution is 0.0709. The van der Waals surface area contributed by atoms with Gasteiger partial charge in [-0.2, -0.15) is 0 Å². The maximum absolute atomic E-state index is 12.5. The molecule has 0 aromatic heterocycles. The quantitative estimate of drug-likeness (QED) is 0.835. The summed E-state index contributed by atoms with van der Waals surface area (Å²) in [6, 6.07) is 12.4. The van der Waals surface area contributed by atoms with E-state index in [1.54, 1.807) is 0 Å². The van der Waals surface area contributed by atoms with Gasteiger partial charge in [0.2, 0.25) is 0 Å². The molecule has 1 saturated heterocycles. The molecule has 0 unspecified atom stereocenters. The van der Waals surface area contributed by atoms with E-state index < -0.39 is 0 Å². The van der Waals surface area contributed by atoms with E-state index in [2.05, 4.69) is 34.2 Å². The molecule has 1 heterocycles. The molecule has 112 valence electrons. The number of hydrogen-bond acceptors (Lipinski definition) is 2. The Morgan fingerprint density at radius 1 is 1.24 bits per heavy atom. The van der Waals surface area contributed by atoms with Gasteiger partial charge in [-0.05, 0) is 42.0 Å². The summed E-state index contributed by atoms with van der Waals surface area (Å²) < 4.78 is 1.06. The summed E-state index contributed by atoms with van der Waals surface area (Å²) >= 11 is 3.47. The van der Waals surface area contributed by atoms with Gasteiger partial charge in [0.1, 0.15) is 0 Å². The number of fused-ring (bicyclic) bond motifs is 1. The normalized spacial score (nSPS) is 18.4. The minimum Gasteiger partial charge on any atom is -0.336 e. The van der Waals surface area contributed by atoms with Crippen LogP contribution < -0.4 is 5.32 Å². The standard InChI is InChI=1S/C16H17BrN2O.ClH/c1-11-10-19(7-6-18-11)16(20)14-3-2-13-9-15(17)5-4-12(13)8-14;/h2-5,8-9,11,18H,6-7,10H2,1H3;1H/t11-;/m0./s1. The van der Waals surface area contributed by atoms with Gasteiger partial charge in [-0.25, -0.2) is 0 Å². The number of nitrogens with one attached hydrogen (secondary N) is 1. The lowest BCUT2D eigenvalue weighted by atomic mass is 10.1. The first-order valence-electron chi connectivity index (χ1n) is 6.85. The molecule has 0 spiro atoms. The summed E-state index contributed by atoms with van der Waals surface area (Å²) in [7, 11) is 0. The largest absolute Gasteiger partial charge is 0.336 e. The van der Waals surface area contributed by atoms with Gasteiger partial charge in [0.25, 0.3) is 5.91 Å². The van der Waals surface area contributed by atoms with Crippen LogP contribution >= 0.6 is 28.3 Å². The van der Waals surface area contributed by atoms with E-state index in [1.165, 1.54) is 0 Å². The van der Waals surface area contributed by atoms with Crippen molar-refractivity contribution in [3.05, 3.63) is 46.4 Å². The summed E-state index contributed by atoms with van der Waals surface area (Å²) in [5, 5.41) is 5.60. The lowest BCUT2D eigenvalue weighted by Crippen LogP contribution is -2.51. The molecule has 0 bridgehead atoms. The summed E-state index contributed by atoms with van der Waals surface area (Å²) in [6.45, 7) is 4.53. The van der Waals surface area contributed by atoms with Crippen molar-refractivity contribution in [1.29, 1.82) is 0 Å². The van der Waals surface area contributed by atoms with Crippen molar-refractivity contribution in [2.45, 2.75) is 13.0 Å². The second-order valence-electron chi connectivity index (χ2n) is 5.31. The monoisotopic (exact) mass is 368 g/mol. The summed E-state index contributed by atoms with van der Waals surface area (Å²) in [5.74, 6) is 0.128. The van der Waals surface area contributed by atoms with Gasteiger partial charge in [-0.15, -0.1) is 12.4 Å². The summed E-state index contributed by atoms with van der Waals surface area (Å²) in [4.78, 5) is 14.5. The molecule has 2 aromatic rings. The first-order valence-corrected chi connectivity index (χ1v) is 7.65. The molecule has 1 amide bonds. The zero-order chi connectivity index (χ0) is 14.1. The highest BCUT2D eigenvalue weighted by Crippen LogP contribution is 2.21. The Morgan fingerprint density at radius 3 is 2.71 bits per heavy atom. The van der Waals surface area contributed by atoms with Gasteiger partial charge < -0.3 is 10.2 Å². The van der Waals surface area contributed by atoms with Gasteiger partial charge in [-0.3, -0.25) is 4.79 Å². The molecule has 0 aliphatic carbocycles. The van der Waals surface area contributed by atoms with Crippen LogP contribution in [0, 0.1) is 0 Å². The van der Waals surface area contributed by atoms with Crippen molar-refractivity contribution in [3.8, 4) is 0 Å². The minimum atomic E-state index is 0. The van der Waals surface area contributed by atoms with Crippen LogP contribution in [0.2, 0.25) is 0 Å². The van der Waals surface area contributed by atoms with Crippen LogP contribution in [0.4, 0.5) is 0 Å². The molecule has 5 heteroatoms. The molecular weight excluding hydrogens is 352 g/mol.